The van der Waals surface area contributed by atoms with E-state index in [-0.39, 0.29) is 6.61 Å². The molecule has 0 radical (unpaired) electrons. The van der Waals surface area contributed by atoms with E-state index in [4.69, 9.17) is 16.7 Å². The fourth-order valence-corrected chi connectivity index (χ4v) is 3.17. The van der Waals surface area contributed by atoms with Gasteiger partial charge in [-0.3, -0.25) is 0 Å². The van der Waals surface area contributed by atoms with E-state index in [9.17, 15) is 0 Å². The van der Waals surface area contributed by atoms with Gasteiger partial charge in [0.2, 0.25) is 0 Å². The summed E-state index contributed by atoms with van der Waals surface area (Å²) in [4.78, 5) is 4.60. The minimum atomic E-state index is -0.116. The third kappa shape index (κ3) is 2.64. The van der Waals surface area contributed by atoms with Crippen LogP contribution in [0, 0.1) is 0 Å². The molecule has 0 aliphatic heterocycles. The van der Waals surface area contributed by atoms with Crippen LogP contribution >= 0.6 is 23.4 Å². The van der Waals surface area contributed by atoms with E-state index < -0.39 is 0 Å². The highest BCUT2D eigenvalue weighted by Gasteiger charge is 2.12. The summed E-state index contributed by atoms with van der Waals surface area (Å²) < 4.78 is 3.83. The number of aliphatic hydroxyl groups excluding tert-OH is 1. The molecule has 1 N–H and O–H groups in total. The maximum Gasteiger partial charge on any atom is 0.191 e. The van der Waals surface area contributed by atoms with Gasteiger partial charge < -0.3 is 14.2 Å². The second kappa shape index (κ2) is 5.67. The second-order valence-corrected chi connectivity index (χ2v) is 6.00. The minimum Gasteiger partial charge on any atom is -0.388 e. The van der Waals surface area contributed by atoms with Crippen LogP contribution in [0.3, 0.4) is 0 Å². The Morgan fingerprint density at radius 1 is 1.19 bits per heavy atom. The van der Waals surface area contributed by atoms with E-state index >= 15 is 0 Å². The molecule has 0 bridgehead atoms. The fraction of sp³-hybridized carbons (Fsp3) is 0.308. The lowest BCUT2D eigenvalue weighted by Crippen LogP contribution is -2.00. The standard InChI is InChI=1S/C13H14ClN5OS/c1-18-10-4-3-8(14)5-9(10)15-12(18)7-21-13-17-16-11(6-20)19(13)2/h3-5,20H,6-7H2,1-2H3. The van der Waals surface area contributed by atoms with Crippen molar-refractivity contribution < 1.29 is 5.11 Å². The Bertz CT molecular complexity index is 797. The van der Waals surface area contributed by atoms with Crippen LogP contribution in [0.4, 0.5) is 0 Å². The van der Waals surface area contributed by atoms with Gasteiger partial charge in [0.25, 0.3) is 0 Å². The monoisotopic (exact) mass is 323 g/mol. The number of halogens is 1. The van der Waals surface area contributed by atoms with Crippen molar-refractivity contribution in [2.45, 2.75) is 17.5 Å². The van der Waals surface area contributed by atoms with Crippen LogP contribution in [0.2, 0.25) is 5.02 Å². The van der Waals surface area contributed by atoms with Crippen molar-refractivity contribution in [1.29, 1.82) is 0 Å². The Kier molecular flexibility index (Phi) is 3.88. The van der Waals surface area contributed by atoms with E-state index in [1.165, 1.54) is 11.8 Å². The summed E-state index contributed by atoms with van der Waals surface area (Å²) >= 11 is 7.52. The Hall–Kier alpha value is -1.57. The normalized spacial score (nSPS) is 11.4. The molecular weight excluding hydrogens is 310 g/mol. The number of thioether (sulfide) groups is 1. The molecule has 3 aromatic rings. The molecule has 0 saturated heterocycles. The lowest BCUT2D eigenvalue weighted by Gasteiger charge is -2.03. The maximum atomic E-state index is 9.12. The molecule has 0 spiro atoms. The van der Waals surface area contributed by atoms with Crippen LogP contribution < -0.4 is 0 Å². The molecule has 110 valence electrons. The lowest BCUT2D eigenvalue weighted by atomic mass is 10.3. The summed E-state index contributed by atoms with van der Waals surface area (Å²) in [6, 6.07) is 5.68. The molecule has 0 unspecified atom stereocenters. The first-order chi connectivity index (χ1) is 10.1. The minimum absolute atomic E-state index is 0.116. The van der Waals surface area contributed by atoms with E-state index in [0.717, 1.165) is 22.0 Å². The number of aliphatic hydroxyl groups is 1. The second-order valence-electron chi connectivity index (χ2n) is 4.62. The molecule has 1 aromatic carbocycles. The molecule has 0 fully saturated rings. The molecule has 3 rings (SSSR count). The average molecular weight is 324 g/mol. The number of aryl methyl sites for hydroxylation is 1. The summed E-state index contributed by atoms with van der Waals surface area (Å²) in [7, 11) is 3.82. The molecule has 2 heterocycles. The number of aromatic nitrogens is 5. The van der Waals surface area contributed by atoms with Gasteiger partial charge >= 0.3 is 0 Å². The Morgan fingerprint density at radius 3 is 2.71 bits per heavy atom. The van der Waals surface area contributed by atoms with Gasteiger partial charge in [-0.25, -0.2) is 4.98 Å². The molecule has 0 aliphatic carbocycles. The molecule has 8 heteroatoms. The van der Waals surface area contributed by atoms with Gasteiger partial charge in [0.15, 0.2) is 11.0 Å². The zero-order valence-corrected chi connectivity index (χ0v) is 13.2. The number of imidazole rings is 1. The molecule has 2 aromatic heterocycles. The number of hydrogen-bond donors (Lipinski definition) is 1. The van der Waals surface area contributed by atoms with E-state index in [1.807, 2.05) is 36.9 Å². The molecule has 0 saturated carbocycles. The van der Waals surface area contributed by atoms with Crippen molar-refractivity contribution in [3.8, 4) is 0 Å². The van der Waals surface area contributed by atoms with Gasteiger partial charge in [-0.05, 0) is 18.2 Å². The van der Waals surface area contributed by atoms with Crippen molar-refractivity contribution in [1.82, 2.24) is 24.3 Å². The fourth-order valence-electron chi connectivity index (χ4n) is 2.09. The molecule has 6 nitrogen and oxygen atoms in total. The molecular formula is C13H14ClN5OS. The number of benzene rings is 1. The Morgan fingerprint density at radius 2 is 2.00 bits per heavy atom. The van der Waals surface area contributed by atoms with Gasteiger partial charge in [-0.1, -0.05) is 23.4 Å². The first kappa shape index (κ1) is 14.4. The highest BCUT2D eigenvalue weighted by Crippen LogP contribution is 2.24. The molecule has 21 heavy (non-hydrogen) atoms. The predicted octanol–water partition coefficient (Wildman–Crippen LogP) is 2.14. The van der Waals surface area contributed by atoms with E-state index in [0.29, 0.717) is 16.6 Å². The third-order valence-electron chi connectivity index (χ3n) is 3.33. The molecule has 0 aliphatic rings. The van der Waals surface area contributed by atoms with Gasteiger partial charge in [0, 0.05) is 19.1 Å². The number of fused-ring (bicyclic) bond motifs is 1. The van der Waals surface area contributed by atoms with Gasteiger partial charge in [0.05, 0.1) is 16.8 Å². The SMILES string of the molecule is Cn1c(CO)nnc1SCc1nc2cc(Cl)ccc2n1C. The highest BCUT2D eigenvalue weighted by molar-refractivity contribution is 7.98. The predicted molar refractivity (Wildman–Crippen MR) is 82.2 cm³/mol. The van der Waals surface area contributed by atoms with Crippen molar-refractivity contribution in [3.05, 3.63) is 34.9 Å². The summed E-state index contributed by atoms with van der Waals surface area (Å²) in [6.45, 7) is -0.116. The average Bonchev–Trinajstić information content (AvgIpc) is 2.97. The zero-order valence-electron chi connectivity index (χ0n) is 11.6. The van der Waals surface area contributed by atoms with Crippen LogP contribution in [0.5, 0.6) is 0 Å². The molecule has 0 amide bonds. The van der Waals surface area contributed by atoms with Gasteiger partial charge in [-0.15, -0.1) is 10.2 Å². The quantitative estimate of drug-likeness (QED) is 0.745. The van der Waals surface area contributed by atoms with Crippen LogP contribution in [-0.2, 0) is 26.5 Å². The summed E-state index contributed by atoms with van der Waals surface area (Å²) in [6.07, 6.45) is 0. The highest BCUT2D eigenvalue weighted by atomic mass is 35.5. The summed E-state index contributed by atoms with van der Waals surface area (Å²) in [5.41, 5.74) is 1.93. The Balaban J connectivity index is 1.84. The molecule has 0 atom stereocenters. The maximum absolute atomic E-state index is 9.12. The summed E-state index contributed by atoms with van der Waals surface area (Å²) in [5, 5.41) is 18.5. The number of nitrogens with zero attached hydrogens (tertiary/aromatic N) is 5. The van der Waals surface area contributed by atoms with Gasteiger partial charge in [0.1, 0.15) is 12.4 Å². The zero-order chi connectivity index (χ0) is 15.0. The first-order valence-corrected chi connectivity index (χ1v) is 7.69. The lowest BCUT2D eigenvalue weighted by molar-refractivity contribution is 0.266. The Labute approximate surface area is 130 Å². The van der Waals surface area contributed by atoms with Crippen LogP contribution in [-0.4, -0.2) is 29.4 Å². The van der Waals surface area contributed by atoms with E-state index in [2.05, 4.69) is 15.2 Å². The van der Waals surface area contributed by atoms with Crippen molar-refractivity contribution >= 4 is 34.4 Å². The smallest absolute Gasteiger partial charge is 0.191 e. The number of hydrogen-bond acceptors (Lipinski definition) is 5. The third-order valence-corrected chi connectivity index (χ3v) is 4.58. The topological polar surface area (TPSA) is 68.8 Å². The number of rotatable bonds is 4. The van der Waals surface area contributed by atoms with Crippen molar-refractivity contribution in [2.24, 2.45) is 14.1 Å². The first-order valence-electron chi connectivity index (χ1n) is 6.33. The van der Waals surface area contributed by atoms with Crippen molar-refractivity contribution in [3.63, 3.8) is 0 Å². The van der Waals surface area contributed by atoms with E-state index in [1.54, 1.807) is 4.57 Å². The van der Waals surface area contributed by atoms with Crippen LogP contribution in [0.15, 0.2) is 23.4 Å². The largest absolute Gasteiger partial charge is 0.388 e. The van der Waals surface area contributed by atoms with Crippen molar-refractivity contribution in [2.75, 3.05) is 0 Å². The van der Waals surface area contributed by atoms with Crippen LogP contribution in [0.25, 0.3) is 11.0 Å². The van der Waals surface area contributed by atoms with Crippen LogP contribution in [0.1, 0.15) is 11.6 Å². The summed E-state index contributed by atoms with van der Waals surface area (Å²) in [5.74, 6) is 2.15. The van der Waals surface area contributed by atoms with Gasteiger partial charge in [-0.2, -0.15) is 0 Å².